The smallest absolute Gasteiger partial charge is 0.182 e. The van der Waals surface area contributed by atoms with Crippen LogP contribution in [0.25, 0.3) is 11.5 Å². The molecule has 19 heavy (non-hydrogen) atoms. The van der Waals surface area contributed by atoms with Gasteiger partial charge in [0.1, 0.15) is 17.3 Å². The second-order valence-corrected chi connectivity index (χ2v) is 5.38. The second kappa shape index (κ2) is 4.45. The number of hydrogen-bond donors (Lipinski definition) is 2. The topological polar surface area (TPSA) is 85.4 Å². The van der Waals surface area contributed by atoms with Crippen LogP contribution in [0, 0.1) is 6.92 Å². The van der Waals surface area contributed by atoms with Gasteiger partial charge in [-0.1, -0.05) is 6.92 Å². The molecule has 1 fully saturated rings. The minimum absolute atomic E-state index is 0.261. The quantitative estimate of drug-likeness (QED) is 0.876. The summed E-state index contributed by atoms with van der Waals surface area (Å²) in [6.45, 7) is 5.03. The van der Waals surface area contributed by atoms with E-state index in [-0.39, 0.29) is 5.54 Å². The molecule has 0 aromatic carbocycles. The number of nitrogens with one attached hydrogen (secondary N) is 1. The van der Waals surface area contributed by atoms with Gasteiger partial charge >= 0.3 is 0 Å². The zero-order chi connectivity index (χ0) is 13.5. The maximum atomic E-state index is 6.28. The number of imidazole rings is 1. The molecule has 0 bridgehead atoms. The average Bonchev–Trinajstić information content (AvgIpc) is 2.95. The van der Waals surface area contributed by atoms with Crippen molar-refractivity contribution < 1.29 is 0 Å². The van der Waals surface area contributed by atoms with E-state index in [9.17, 15) is 0 Å². The summed E-state index contributed by atoms with van der Waals surface area (Å²) >= 11 is 0. The molecule has 0 radical (unpaired) electrons. The van der Waals surface area contributed by atoms with Crippen molar-refractivity contribution in [2.75, 3.05) is 0 Å². The Morgan fingerprint density at radius 2 is 2.21 bits per heavy atom. The molecule has 1 saturated carbocycles. The van der Waals surface area contributed by atoms with Crippen LogP contribution in [0.5, 0.6) is 0 Å². The standard InChI is InChI=1S/C13H20N6/c1-3-7-19-9(2)17-18-11(19)10-8-15-12(16-10)13(14)5-4-6-13/h8H,3-7,14H2,1-2H3,(H,15,16). The van der Waals surface area contributed by atoms with Gasteiger partial charge in [-0.05, 0) is 32.6 Å². The first-order valence-corrected chi connectivity index (χ1v) is 6.88. The van der Waals surface area contributed by atoms with Crippen molar-refractivity contribution in [1.82, 2.24) is 24.7 Å². The lowest BCUT2D eigenvalue weighted by Crippen LogP contribution is -2.44. The number of nitrogens with two attached hydrogens (primary N) is 1. The predicted molar refractivity (Wildman–Crippen MR) is 72.3 cm³/mol. The van der Waals surface area contributed by atoms with Gasteiger partial charge < -0.3 is 15.3 Å². The summed E-state index contributed by atoms with van der Waals surface area (Å²) in [6.07, 6.45) is 6.05. The van der Waals surface area contributed by atoms with Gasteiger partial charge in [0.05, 0.1) is 11.7 Å². The Hall–Kier alpha value is -1.69. The molecule has 3 N–H and O–H groups in total. The van der Waals surface area contributed by atoms with Crippen LogP contribution in [0.4, 0.5) is 0 Å². The lowest BCUT2D eigenvalue weighted by molar-refractivity contribution is 0.240. The van der Waals surface area contributed by atoms with Gasteiger partial charge in [-0.15, -0.1) is 10.2 Å². The number of aromatic amines is 1. The van der Waals surface area contributed by atoms with E-state index in [1.54, 1.807) is 0 Å². The van der Waals surface area contributed by atoms with Gasteiger partial charge in [-0.25, -0.2) is 4.98 Å². The molecule has 2 heterocycles. The van der Waals surface area contributed by atoms with E-state index in [4.69, 9.17) is 5.73 Å². The third-order valence-electron chi connectivity index (χ3n) is 3.92. The van der Waals surface area contributed by atoms with Crippen molar-refractivity contribution in [2.24, 2.45) is 5.73 Å². The minimum atomic E-state index is -0.261. The van der Waals surface area contributed by atoms with Crippen molar-refractivity contribution in [2.45, 2.75) is 51.6 Å². The summed E-state index contributed by atoms with van der Waals surface area (Å²) in [4.78, 5) is 7.76. The number of aromatic nitrogens is 5. The summed E-state index contributed by atoms with van der Waals surface area (Å²) in [5.41, 5.74) is 6.92. The molecule has 0 atom stereocenters. The van der Waals surface area contributed by atoms with Gasteiger partial charge in [0.15, 0.2) is 5.82 Å². The SMILES string of the molecule is CCCn1c(C)nnc1-c1cnc(C2(N)CCC2)[nH]1. The Kier molecular flexibility index (Phi) is 2.89. The number of hydrogen-bond acceptors (Lipinski definition) is 4. The zero-order valence-electron chi connectivity index (χ0n) is 11.5. The molecular formula is C13H20N6. The fourth-order valence-corrected chi connectivity index (χ4v) is 2.55. The number of rotatable bonds is 4. The number of nitrogens with zero attached hydrogens (tertiary/aromatic N) is 4. The summed E-state index contributed by atoms with van der Waals surface area (Å²) in [6, 6.07) is 0. The summed E-state index contributed by atoms with van der Waals surface area (Å²) in [5.74, 6) is 2.65. The molecule has 0 unspecified atom stereocenters. The van der Waals surface area contributed by atoms with Crippen molar-refractivity contribution in [3.05, 3.63) is 17.8 Å². The van der Waals surface area contributed by atoms with Crippen molar-refractivity contribution in [1.29, 1.82) is 0 Å². The molecule has 2 aromatic rings. The summed E-state index contributed by atoms with van der Waals surface area (Å²) < 4.78 is 2.11. The fourth-order valence-electron chi connectivity index (χ4n) is 2.55. The van der Waals surface area contributed by atoms with Gasteiger partial charge in [0, 0.05) is 6.54 Å². The van der Waals surface area contributed by atoms with Crippen LogP contribution in [0.15, 0.2) is 6.20 Å². The molecule has 3 rings (SSSR count). The average molecular weight is 260 g/mol. The monoisotopic (exact) mass is 260 g/mol. The van der Waals surface area contributed by atoms with E-state index < -0.39 is 0 Å². The van der Waals surface area contributed by atoms with Crippen LogP contribution < -0.4 is 5.73 Å². The molecule has 1 aliphatic rings. The molecule has 0 spiro atoms. The van der Waals surface area contributed by atoms with E-state index in [0.29, 0.717) is 0 Å². The van der Waals surface area contributed by atoms with Crippen LogP contribution in [0.3, 0.4) is 0 Å². The highest BCUT2D eigenvalue weighted by Crippen LogP contribution is 2.37. The maximum Gasteiger partial charge on any atom is 0.182 e. The Morgan fingerprint density at radius 3 is 2.84 bits per heavy atom. The third kappa shape index (κ3) is 1.96. The molecule has 0 aliphatic heterocycles. The van der Waals surface area contributed by atoms with Crippen molar-refractivity contribution in [3.8, 4) is 11.5 Å². The predicted octanol–water partition coefficient (Wildman–Crippen LogP) is 1.72. The van der Waals surface area contributed by atoms with Crippen LogP contribution >= 0.6 is 0 Å². The number of H-pyrrole nitrogens is 1. The van der Waals surface area contributed by atoms with Crippen LogP contribution in [0.2, 0.25) is 0 Å². The van der Waals surface area contributed by atoms with E-state index >= 15 is 0 Å². The Balaban J connectivity index is 1.94. The van der Waals surface area contributed by atoms with Crippen molar-refractivity contribution in [3.63, 3.8) is 0 Å². The van der Waals surface area contributed by atoms with Crippen molar-refractivity contribution >= 4 is 0 Å². The summed E-state index contributed by atoms with van der Waals surface area (Å²) in [5, 5.41) is 8.40. The molecular weight excluding hydrogens is 240 g/mol. The normalized spacial score (nSPS) is 17.4. The Bertz CT molecular complexity index is 578. The van der Waals surface area contributed by atoms with Gasteiger partial charge in [-0.3, -0.25) is 0 Å². The zero-order valence-corrected chi connectivity index (χ0v) is 11.5. The first kappa shape index (κ1) is 12.3. The first-order valence-electron chi connectivity index (χ1n) is 6.88. The van der Waals surface area contributed by atoms with E-state index in [2.05, 4.69) is 31.7 Å². The van der Waals surface area contributed by atoms with Gasteiger partial charge in [-0.2, -0.15) is 0 Å². The Labute approximate surface area is 112 Å². The first-order chi connectivity index (χ1) is 9.14. The van der Waals surface area contributed by atoms with Gasteiger partial charge in [0.2, 0.25) is 0 Å². The van der Waals surface area contributed by atoms with Crippen LogP contribution in [-0.2, 0) is 12.1 Å². The van der Waals surface area contributed by atoms with E-state index in [1.807, 2.05) is 13.1 Å². The molecule has 2 aromatic heterocycles. The second-order valence-electron chi connectivity index (χ2n) is 5.38. The largest absolute Gasteiger partial charge is 0.338 e. The van der Waals surface area contributed by atoms with E-state index in [0.717, 1.165) is 49.0 Å². The summed E-state index contributed by atoms with van der Waals surface area (Å²) in [7, 11) is 0. The highest BCUT2D eigenvalue weighted by atomic mass is 15.3. The molecule has 6 heteroatoms. The number of aryl methyl sites for hydroxylation is 1. The molecule has 6 nitrogen and oxygen atoms in total. The Morgan fingerprint density at radius 1 is 1.42 bits per heavy atom. The lowest BCUT2D eigenvalue weighted by Gasteiger charge is -2.35. The van der Waals surface area contributed by atoms with E-state index in [1.165, 1.54) is 6.42 Å². The minimum Gasteiger partial charge on any atom is -0.338 e. The molecule has 0 saturated heterocycles. The fraction of sp³-hybridized carbons (Fsp3) is 0.615. The highest BCUT2D eigenvalue weighted by Gasteiger charge is 2.37. The third-order valence-corrected chi connectivity index (χ3v) is 3.92. The van der Waals surface area contributed by atoms with Crippen LogP contribution in [0.1, 0.15) is 44.3 Å². The van der Waals surface area contributed by atoms with Crippen LogP contribution in [-0.4, -0.2) is 24.7 Å². The maximum absolute atomic E-state index is 6.28. The molecule has 0 amide bonds. The highest BCUT2D eigenvalue weighted by molar-refractivity contribution is 5.49. The molecule has 1 aliphatic carbocycles. The molecule has 102 valence electrons. The lowest BCUT2D eigenvalue weighted by atomic mass is 9.77. The van der Waals surface area contributed by atoms with Gasteiger partial charge in [0.25, 0.3) is 0 Å².